The van der Waals surface area contributed by atoms with Gasteiger partial charge in [-0.2, -0.15) is 0 Å². The zero-order chi connectivity index (χ0) is 16.5. The smallest absolute Gasteiger partial charge is 0.317 e. The number of amides is 3. The molecule has 5 nitrogen and oxygen atoms in total. The van der Waals surface area contributed by atoms with Crippen molar-refractivity contribution in [3.05, 3.63) is 0 Å². The standard InChI is InChI=1S/C16H29N3O2S/c1-12(2)13(20)19-10-11-22-16(19)6-8-18(9-7-16)14(21)17-15(3,4)5/h12H,6-11H2,1-5H3,(H,17,21). The van der Waals surface area contributed by atoms with E-state index in [2.05, 4.69) is 10.2 Å². The van der Waals surface area contributed by atoms with Gasteiger partial charge in [0.2, 0.25) is 5.91 Å². The number of nitrogens with one attached hydrogen (secondary N) is 1. The summed E-state index contributed by atoms with van der Waals surface area (Å²) in [6, 6.07) is 0.00656. The predicted octanol–water partition coefficient (Wildman–Crippen LogP) is 2.52. The number of likely N-dealkylation sites (tertiary alicyclic amines) is 1. The minimum absolute atomic E-state index is 0.00656. The SMILES string of the molecule is CC(C)C(=O)N1CCSC12CCN(C(=O)NC(C)(C)C)CC2. The van der Waals surface area contributed by atoms with Gasteiger partial charge in [0.05, 0.1) is 4.87 Å². The highest BCUT2D eigenvalue weighted by atomic mass is 32.2. The second kappa shape index (κ2) is 6.30. The van der Waals surface area contributed by atoms with E-state index in [-0.39, 0.29) is 28.3 Å². The molecule has 22 heavy (non-hydrogen) atoms. The minimum atomic E-state index is -0.214. The summed E-state index contributed by atoms with van der Waals surface area (Å²) in [7, 11) is 0. The summed E-state index contributed by atoms with van der Waals surface area (Å²) >= 11 is 1.89. The molecule has 1 spiro atoms. The van der Waals surface area contributed by atoms with Crippen LogP contribution in [0.4, 0.5) is 4.79 Å². The number of hydrogen-bond donors (Lipinski definition) is 1. The zero-order valence-electron chi connectivity index (χ0n) is 14.4. The zero-order valence-corrected chi connectivity index (χ0v) is 15.3. The van der Waals surface area contributed by atoms with E-state index in [4.69, 9.17) is 0 Å². The van der Waals surface area contributed by atoms with E-state index in [1.54, 1.807) is 0 Å². The van der Waals surface area contributed by atoms with Crippen molar-refractivity contribution in [1.29, 1.82) is 0 Å². The molecule has 2 fully saturated rings. The van der Waals surface area contributed by atoms with Crippen molar-refractivity contribution in [3.8, 4) is 0 Å². The van der Waals surface area contributed by atoms with Crippen LogP contribution in [-0.2, 0) is 4.79 Å². The molecule has 0 bridgehead atoms. The van der Waals surface area contributed by atoms with Crippen LogP contribution in [0.3, 0.4) is 0 Å². The van der Waals surface area contributed by atoms with E-state index in [9.17, 15) is 9.59 Å². The van der Waals surface area contributed by atoms with Gasteiger partial charge in [-0.1, -0.05) is 13.8 Å². The molecule has 6 heteroatoms. The van der Waals surface area contributed by atoms with Crippen LogP contribution in [0, 0.1) is 5.92 Å². The van der Waals surface area contributed by atoms with Crippen LogP contribution in [0.15, 0.2) is 0 Å². The van der Waals surface area contributed by atoms with Gasteiger partial charge in [0.25, 0.3) is 0 Å². The summed E-state index contributed by atoms with van der Waals surface area (Å²) in [5.74, 6) is 1.29. The third-order valence-electron chi connectivity index (χ3n) is 4.25. The molecule has 2 saturated heterocycles. The highest BCUT2D eigenvalue weighted by Crippen LogP contribution is 2.44. The fourth-order valence-electron chi connectivity index (χ4n) is 3.10. The molecular weight excluding hydrogens is 298 g/mol. The van der Waals surface area contributed by atoms with Crippen molar-refractivity contribution in [1.82, 2.24) is 15.1 Å². The van der Waals surface area contributed by atoms with Crippen molar-refractivity contribution in [2.75, 3.05) is 25.4 Å². The molecule has 0 radical (unpaired) electrons. The molecule has 0 aromatic heterocycles. The maximum Gasteiger partial charge on any atom is 0.317 e. The summed E-state index contributed by atoms with van der Waals surface area (Å²) < 4.78 is 0. The van der Waals surface area contributed by atoms with Crippen LogP contribution >= 0.6 is 11.8 Å². The lowest BCUT2D eigenvalue weighted by molar-refractivity contribution is -0.137. The molecular formula is C16H29N3O2S. The van der Waals surface area contributed by atoms with E-state index >= 15 is 0 Å². The topological polar surface area (TPSA) is 52.7 Å². The van der Waals surface area contributed by atoms with Crippen LogP contribution in [0.2, 0.25) is 0 Å². The molecule has 0 atom stereocenters. The summed E-state index contributed by atoms with van der Waals surface area (Å²) in [5, 5.41) is 3.02. The normalized spacial score (nSPS) is 21.5. The number of carbonyl (C=O) groups is 2. The number of rotatable bonds is 1. The second-order valence-electron chi connectivity index (χ2n) is 7.61. The van der Waals surface area contributed by atoms with E-state index < -0.39 is 0 Å². The highest BCUT2D eigenvalue weighted by molar-refractivity contribution is 8.00. The van der Waals surface area contributed by atoms with Gasteiger partial charge in [-0.15, -0.1) is 11.8 Å². The van der Waals surface area contributed by atoms with E-state index in [1.165, 1.54) is 0 Å². The molecule has 0 unspecified atom stereocenters. The van der Waals surface area contributed by atoms with Crippen molar-refractivity contribution >= 4 is 23.7 Å². The molecule has 2 aliphatic rings. The first kappa shape index (κ1) is 17.4. The third kappa shape index (κ3) is 3.70. The maximum atomic E-state index is 12.4. The molecule has 0 aliphatic carbocycles. The lowest BCUT2D eigenvalue weighted by atomic mass is 10.0. The van der Waals surface area contributed by atoms with E-state index in [0.717, 1.165) is 38.2 Å². The van der Waals surface area contributed by atoms with Crippen molar-refractivity contribution < 1.29 is 9.59 Å². The number of piperidine rings is 1. The number of nitrogens with zero attached hydrogens (tertiary/aromatic N) is 2. The Hall–Kier alpha value is -0.910. The predicted molar refractivity (Wildman–Crippen MR) is 90.8 cm³/mol. The Morgan fingerprint density at radius 3 is 2.23 bits per heavy atom. The van der Waals surface area contributed by atoms with Gasteiger partial charge in [0.1, 0.15) is 0 Å². The second-order valence-corrected chi connectivity index (χ2v) is 9.06. The van der Waals surface area contributed by atoms with Gasteiger partial charge in [-0.3, -0.25) is 4.79 Å². The Labute approximate surface area is 138 Å². The highest BCUT2D eigenvalue weighted by Gasteiger charge is 2.47. The fraction of sp³-hybridized carbons (Fsp3) is 0.875. The van der Waals surface area contributed by atoms with Crippen molar-refractivity contribution in [2.45, 2.75) is 57.9 Å². The fourth-order valence-corrected chi connectivity index (χ4v) is 4.57. The Bertz CT molecular complexity index is 437. The first-order valence-corrected chi connectivity index (χ1v) is 9.16. The third-order valence-corrected chi connectivity index (χ3v) is 5.80. The Morgan fingerprint density at radius 2 is 1.73 bits per heavy atom. The van der Waals surface area contributed by atoms with Crippen LogP contribution < -0.4 is 5.32 Å². The summed E-state index contributed by atoms with van der Waals surface area (Å²) in [6.07, 6.45) is 1.74. The van der Waals surface area contributed by atoms with Crippen molar-refractivity contribution in [2.24, 2.45) is 5.92 Å². The molecule has 1 N–H and O–H groups in total. The molecule has 0 aromatic carbocycles. The largest absolute Gasteiger partial charge is 0.333 e. The lowest BCUT2D eigenvalue weighted by Crippen LogP contribution is -2.57. The lowest BCUT2D eigenvalue weighted by Gasteiger charge is -2.45. The van der Waals surface area contributed by atoms with Crippen LogP contribution in [0.25, 0.3) is 0 Å². The quantitative estimate of drug-likeness (QED) is 0.805. The van der Waals surface area contributed by atoms with E-state index in [0.29, 0.717) is 0 Å². The summed E-state index contributed by atoms with van der Waals surface area (Å²) in [5.41, 5.74) is -0.214. The van der Waals surface area contributed by atoms with Crippen LogP contribution in [-0.4, -0.2) is 57.5 Å². The number of urea groups is 1. The van der Waals surface area contributed by atoms with Gasteiger partial charge in [-0.25, -0.2) is 4.79 Å². The van der Waals surface area contributed by atoms with E-state index in [1.807, 2.05) is 51.3 Å². The monoisotopic (exact) mass is 327 g/mol. The molecule has 0 saturated carbocycles. The van der Waals surface area contributed by atoms with Gasteiger partial charge in [0, 0.05) is 36.8 Å². The van der Waals surface area contributed by atoms with Gasteiger partial charge in [-0.05, 0) is 33.6 Å². The molecule has 3 amide bonds. The maximum absolute atomic E-state index is 12.4. The minimum Gasteiger partial charge on any atom is -0.333 e. The molecule has 2 rings (SSSR count). The van der Waals surface area contributed by atoms with Crippen LogP contribution in [0.5, 0.6) is 0 Å². The Balaban J connectivity index is 1.98. The first-order chi connectivity index (χ1) is 10.1. The molecule has 2 aliphatic heterocycles. The summed E-state index contributed by atoms with van der Waals surface area (Å²) in [4.78, 5) is 28.6. The van der Waals surface area contributed by atoms with Crippen molar-refractivity contribution in [3.63, 3.8) is 0 Å². The van der Waals surface area contributed by atoms with Gasteiger partial charge >= 0.3 is 6.03 Å². The van der Waals surface area contributed by atoms with Gasteiger partial charge in [0.15, 0.2) is 0 Å². The molecule has 126 valence electrons. The van der Waals surface area contributed by atoms with Gasteiger partial charge < -0.3 is 15.1 Å². The average molecular weight is 327 g/mol. The summed E-state index contributed by atoms with van der Waals surface area (Å²) in [6.45, 7) is 12.2. The first-order valence-electron chi connectivity index (χ1n) is 8.17. The Morgan fingerprint density at radius 1 is 1.14 bits per heavy atom. The number of carbonyl (C=O) groups excluding carboxylic acids is 2. The molecule has 2 heterocycles. The Kier molecular flexibility index (Phi) is 5.00. The molecule has 0 aromatic rings. The average Bonchev–Trinajstić information content (AvgIpc) is 2.79. The number of hydrogen-bond acceptors (Lipinski definition) is 3. The number of thioether (sulfide) groups is 1. The van der Waals surface area contributed by atoms with Crippen LogP contribution in [0.1, 0.15) is 47.5 Å².